The number of carbonyl (C=O) groups is 1. The Hall–Kier alpha value is -2.61. The summed E-state index contributed by atoms with van der Waals surface area (Å²) in [7, 11) is 0. The molecule has 0 aliphatic heterocycles. The lowest BCUT2D eigenvalue weighted by Gasteiger charge is -2.13. The number of fused-ring (bicyclic) bond motifs is 1. The summed E-state index contributed by atoms with van der Waals surface area (Å²) in [6.07, 6.45) is 1.97. The van der Waals surface area contributed by atoms with Crippen LogP contribution in [0.4, 0.5) is 10.8 Å². The first-order chi connectivity index (χ1) is 12.3. The van der Waals surface area contributed by atoms with Crippen LogP contribution in [-0.4, -0.2) is 33.7 Å². The molecule has 0 unspecified atom stereocenters. The maximum atomic E-state index is 11.1. The smallest absolute Gasteiger partial charge is 0.221 e. The molecule has 1 aromatic carbocycles. The SMILES string of the molecule is CC(=O)Nc1cccc(OCCNc2nn3cc(C(C)(C)C)nc3s2)c1. The molecule has 0 aliphatic carbocycles. The van der Waals surface area contributed by atoms with Crippen LogP contribution in [0.3, 0.4) is 0 Å². The molecule has 0 atom stereocenters. The summed E-state index contributed by atoms with van der Waals surface area (Å²) in [5, 5.41) is 11.3. The number of anilines is 2. The second kappa shape index (κ2) is 7.33. The highest BCUT2D eigenvalue weighted by Gasteiger charge is 2.19. The van der Waals surface area contributed by atoms with Gasteiger partial charge in [0, 0.05) is 24.1 Å². The number of amides is 1. The minimum atomic E-state index is -0.104. The van der Waals surface area contributed by atoms with Crippen LogP contribution in [0.15, 0.2) is 30.5 Å². The van der Waals surface area contributed by atoms with E-state index < -0.39 is 0 Å². The van der Waals surface area contributed by atoms with E-state index in [9.17, 15) is 4.79 Å². The van der Waals surface area contributed by atoms with Gasteiger partial charge in [0.05, 0.1) is 18.4 Å². The van der Waals surface area contributed by atoms with Crippen molar-refractivity contribution in [1.82, 2.24) is 14.6 Å². The highest BCUT2D eigenvalue weighted by atomic mass is 32.1. The van der Waals surface area contributed by atoms with Crippen molar-refractivity contribution in [3.63, 3.8) is 0 Å². The number of nitrogens with zero attached hydrogens (tertiary/aromatic N) is 3. The Morgan fingerprint density at radius 2 is 2.15 bits per heavy atom. The van der Waals surface area contributed by atoms with Crippen molar-refractivity contribution >= 4 is 33.0 Å². The van der Waals surface area contributed by atoms with Crippen molar-refractivity contribution in [3.8, 4) is 5.75 Å². The minimum Gasteiger partial charge on any atom is -0.492 e. The fourth-order valence-electron chi connectivity index (χ4n) is 2.33. The Balaban J connectivity index is 1.51. The van der Waals surface area contributed by atoms with Crippen LogP contribution in [0.1, 0.15) is 33.4 Å². The maximum absolute atomic E-state index is 11.1. The molecule has 0 fully saturated rings. The Bertz CT molecular complexity index is 878. The minimum absolute atomic E-state index is 0.0145. The molecule has 26 heavy (non-hydrogen) atoms. The van der Waals surface area contributed by atoms with Crippen LogP contribution in [0.2, 0.25) is 0 Å². The highest BCUT2D eigenvalue weighted by Crippen LogP contribution is 2.25. The predicted octanol–water partition coefficient (Wildman–Crippen LogP) is 3.54. The van der Waals surface area contributed by atoms with Crippen molar-refractivity contribution in [2.24, 2.45) is 0 Å². The van der Waals surface area contributed by atoms with E-state index in [0.29, 0.717) is 18.9 Å². The molecule has 2 aromatic heterocycles. The summed E-state index contributed by atoms with van der Waals surface area (Å²) in [4.78, 5) is 16.6. The lowest BCUT2D eigenvalue weighted by molar-refractivity contribution is -0.114. The summed E-state index contributed by atoms with van der Waals surface area (Å²) in [5.41, 5.74) is 1.77. The van der Waals surface area contributed by atoms with Gasteiger partial charge in [0.25, 0.3) is 0 Å². The van der Waals surface area contributed by atoms with E-state index in [-0.39, 0.29) is 11.3 Å². The summed E-state index contributed by atoms with van der Waals surface area (Å²) in [5.74, 6) is 0.606. The Morgan fingerprint density at radius 3 is 2.85 bits per heavy atom. The van der Waals surface area contributed by atoms with Gasteiger partial charge >= 0.3 is 0 Å². The van der Waals surface area contributed by atoms with Gasteiger partial charge in [-0.2, -0.15) is 0 Å². The second-order valence-electron chi connectivity index (χ2n) is 6.99. The van der Waals surface area contributed by atoms with Crippen LogP contribution >= 0.6 is 11.3 Å². The van der Waals surface area contributed by atoms with Crippen LogP contribution < -0.4 is 15.4 Å². The molecule has 0 spiro atoms. The van der Waals surface area contributed by atoms with Gasteiger partial charge < -0.3 is 15.4 Å². The number of rotatable bonds is 6. The van der Waals surface area contributed by atoms with Crippen molar-refractivity contribution in [3.05, 3.63) is 36.2 Å². The summed E-state index contributed by atoms with van der Waals surface area (Å²) < 4.78 is 7.52. The third-order valence-electron chi connectivity index (χ3n) is 3.61. The molecule has 3 rings (SSSR count). The second-order valence-corrected chi connectivity index (χ2v) is 7.95. The van der Waals surface area contributed by atoms with Crippen molar-refractivity contribution < 1.29 is 9.53 Å². The number of carbonyl (C=O) groups excluding carboxylic acids is 1. The van der Waals surface area contributed by atoms with Crippen LogP contribution in [0, 0.1) is 0 Å². The average molecular weight is 373 g/mol. The lowest BCUT2D eigenvalue weighted by Crippen LogP contribution is -2.12. The maximum Gasteiger partial charge on any atom is 0.221 e. The first kappa shape index (κ1) is 18.2. The molecule has 3 aromatic rings. The molecule has 2 N–H and O–H groups in total. The molecule has 7 nitrogen and oxygen atoms in total. The third-order valence-corrected chi connectivity index (χ3v) is 4.49. The topological polar surface area (TPSA) is 80.5 Å². The van der Waals surface area contributed by atoms with Crippen molar-refractivity contribution in [2.45, 2.75) is 33.1 Å². The number of nitrogens with one attached hydrogen (secondary N) is 2. The zero-order valence-corrected chi connectivity index (χ0v) is 16.2. The normalized spacial score (nSPS) is 11.5. The van der Waals surface area contributed by atoms with Gasteiger partial charge in [-0.05, 0) is 12.1 Å². The quantitative estimate of drug-likeness (QED) is 0.646. The number of hydrogen-bond donors (Lipinski definition) is 2. The van der Waals surface area contributed by atoms with E-state index in [1.165, 1.54) is 18.3 Å². The van der Waals surface area contributed by atoms with E-state index in [1.54, 1.807) is 6.07 Å². The molecule has 0 saturated carbocycles. The van der Waals surface area contributed by atoms with Crippen LogP contribution in [0.25, 0.3) is 4.96 Å². The van der Waals surface area contributed by atoms with Gasteiger partial charge in [-0.1, -0.05) is 38.2 Å². The number of imidazole rings is 1. The molecular formula is C18H23N5O2S. The van der Waals surface area contributed by atoms with Crippen LogP contribution in [0.5, 0.6) is 5.75 Å². The van der Waals surface area contributed by atoms with Gasteiger partial charge in [0.1, 0.15) is 12.4 Å². The van der Waals surface area contributed by atoms with Gasteiger partial charge in [-0.15, -0.1) is 5.10 Å². The zero-order valence-electron chi connectivity index (χ0n) is 15.4. The van der Waals surface area contributed by atoms with Gasteiger partial charge in [-0.25, -0.2) is 9.50 Å². The fraction of sp³-hybridized carbons (Fsp3) is 0.389. The molecule has 8 heteroatoms. The predicted molar refractivity (Wildman–Crippen MR) is 104 cm³/mol. The van der Waals surface area contributed by atoms with Gasteiger partial charge in [0.15, 0.2) is 0 Å². The summed E-state index contributed by atoms with van der Waals surface area (Å²) in [6.45, 7) is 8.99. The van der Waals surface area contributed by atoms with E-state index >= 15 is 0 Å². The first-order valence-corrected chi connectivity index (χ1v) is 9.24. The van der Waals surface area contributed by atoms with E-state index in [1.807, 2.05) is 28.9 Å². The Labute approximate surface area is 156 Å². The molecule has 0 bridgehead atoms. The third kappa shape index (κ3) is 4.51. The zero-order chi connectivity index (χ0) is 18.7. The van der Waals surface area contributed by atoms with E-state index in [0.717, 1.165) is 21.5 Å². The summed E-state index contributed by atoms with van der Waals surface area (Å²) in [6, 6.07) is 7.32. The van der Waals surface area contributed by atoms with Gasteiger partial charge in [-0.3, -0.25) is 4.79 Å². The van der Waals surface area contributed by atoms with E-state index in [2.05, 4.69) is 41.5 Å². The monoisotopic (exact) mass is 373 g/mol. The number of hydrogen-bond acceptors (Lipinski definition) is 6. The molecule has 0 radical (unpaired) electrons. The number of ether oxygens (including phenoxy) is 1. The average Bonchev–Trinajstić information content (AvgIpc) is 3.09. The molecule has 1 amide bonds. The van der Waals surface area contributed by atoms with Gasteiger partial charge in [0.2, 0.25) is 16.0 Å². The van der Waals surface area contributed by atoms with Crippen LogP contribution in [-0.2, 0) is 10.2 Å². The van der Waals surface area contributed by atoms with Crippen molar-refractivity contribution in [1.29, 1.82) is 0 Å². The van der Waals surface area contributed by atoms with Crippen molar-refractivity contribution in [2.75, 3.05) is 23.8 Å². The largest absolute Gasteiger partial charge is 0.492 e. The molecular weight excluding hydrogens is 350 g/mol. The highest BCUT2D eigenvalue weighted by molar-refractivity contribution is 7.20. The molecule has 0 saturated heterocycles. The molecule has 138 valence electrons. The van der Waals surface area contributed by atoms with E-state index in [4.69, 9.17) is 4.74 Å². The Kier molecular flexibility index (Phi) is 5.13. The number of aromatic nitrogens is 3. The summed E-state index contributed by atoms with van der Waals surface area (Å²) >= 11 is 1.52. The standard InChI is InChI=1S/C18H23N5O2S/c1-12(24)20-13-6-5-7-14(10-13)25-9-8-19-16-22-23-11-15(18(2,3)4)21-17(23)26-16/h5-7,10-11H,8-9H2,1-4H3,(H,19,22)(H,20,24). The first-order valence-electron chi connectivity index (χ1n) is 8.42. The number of benzene rings is 1. The lowest BCUT2D eigenvalue weighted by atomic mass is 9.93. The Morgan fingerprint density at radius 1 is 1.35 bits per heavy atom. The molecule has 0 aliphatic rings. The fourth-order valence-corrected chi connectivity index (χ4v) is 3.13. The molecule has 2 heterocycles.